The Morgan fingerprint density at radius 3 is 2.19 bits per heavy atom. The highest BCUT2D eigenvalue weighted by atomic mass is 79.9. The Balaban J connectivity index is 2.04. The Morgan fingerprint density at radius 1 is 1.04 bits per heavy atom. The van der Waals surface area contributed by atoms with Crippen molar-refractivity contribution in [2.24, 2.45) is 0 Å². The summed E-state index contributed by atoms with van der Waals surface area (Å²) in [7, 11) is 0. The van der Waals surface area contributed by atoms with E-state index in [9.17, 15) is 14.7 Å². The van der Waals surface area contributed by atoms with Gasteiger partial charge in [0.05, 0.1) is 14.6 Å². The smallest absolute Gasteiger partial charge is 0.270 e. The van der Waals surface area contributed by atoms with E-state index in [1.54, 1.807) is 36.4 Å². The summed E-state index contributed by atoms with van der Waals surface area (Å²) >= 11 is 14.9. The molecule has 0 aliphatic carbocycles. The van der Waals surface area contributed by atoms with Crippen LogP contribution in [0.4, 0.5) is 5.69 Å². The molecule has 1 saturated heterocycles. The fraction of sp³-hybridized carbons (Fsp3) is 0. The Bertz CT molecular complexity index is 951. The second-order valence-electron chi connectivity index (χ2n) is 5.27. The SMILES string of the molecule is O=C1NC(=S)N(c2ccc(Br)cc2)C(=O)/C1=C/c1cc(Br)c(O)c(Br)c1. The van der Waals surface area contributed by atoms with Crippen molar-refractivity contribution in [3.8, 4) is 5.75 Å². The van der Waals surface area contributed by atoms with Crippen LogP contribution in [0, 0.1) is 0 Å². The molecule has 0 aromatic heterocycles. The molecular formula is C17H9Br3N2O3S. The first-order chi connectivity index (χ1) is 12.3. The van der Waals surface area contributed by atoms with Gasteiger partial charge >= 0.3 is 0 Å². The van der Waals surface area contributed by atoms with E-state index in [1.165, 1.54) is 11.0 Å². The van der Waals surface area contributed by atoms with Crippen molar-refractivity contribution < 1.29 is 14.7 Å². The minimum Gasteiger partial charge on any atom is -0.506 e. The fourth-order valence-corrected chi connectivity index (χ4v) is 4.08. The first-order valence-electron chi connectivity index (χ1n) is 7.13. The van der Waals surface area contributed by atoms with Crippen molar-refractivity contribution >= 4 is 88.7 Å². The van der Waals surface area contributed by atoms with Gasteiger partial charge in [0.1, 0.15) is 11.3 Å². The summed E-state index contributed by atoms with van der Waals surface area (Å²) in [5.41, 5.74) is 1.04. The molecule has 1 aliphatic rings. The van der Waals surface area contributed by atoms with Crippen molar-refractivity contribution in [3.05, 3.63) is 61.0 Å². The minimum absolute atomic E-state index is 0.0209. The number of carbonyl (C=O) groups is 2. The summed E-state index contributed by atoms with van der Waals surface area (Å²) in [4.78, 5) is 26.5. The zero-order valence-electron chi connectivity index (χ0n) is 12.8. The van der Waals surface area contributed by atoms with Gasteiger partial charge in [-0.15, -0.1) is 0 Å². The third kappa shape index (κ3) is 3.75. The Labute approximate surface area is 179 Å². The molecule has 0 radical (unpaired) electrons. The quantitative estimate of drug-likeness (QED) is 0.322. The molecule has 9 heteroatoms. The lowest BCUT2D eigenvalue weighted by atomic mass is 10.1. The van der Waals surface area contributed by atoms with Crippen molar-refractivity contribution in [1.29, 1.82) is 0 Å². The topological polar surface area (TPSA) is 69.6 Å². The number of amides is 2. The molecular weight excluding hydrogens is 552 g/mol. The predicted molar refractivity (Wildman–Crippen MR) is 114 cm³/mol. The van der Waals surface area contributed by atoms with Crippen LogP contribution in [-0.2, 0) is 9.59 Å². The standard InChI is InChI=1S/C17H9Br3N2O3S/c18-9-1-3-10(4-2-9)22-16(25)11(15(24)21-17(22)26)5-8-6-12(19)14(23)13(20)7-8/h1-7,23H,(H,21,24,26)/b11-5+. The molecule has 1 aliphatic heterocycles. The first kappa shape index (κ1) is 19.2. The van der Waals surface area contributed by atoms with Crippen molar-refractivity contribution in [3.63, 3.8) is 0 Å². The van der Waals surface area contributed by atoms with E-state index in [4.69, 9.17) is 12.2 Å². The van der Waals surface area contributed by atoms with Gasteiger partial charge in [-0.2, -0.15) is 0 Å². The minimum atomic E-state index is -0.575. The molecule has 0 unspecified atom stereocenters. The van der Waals surface area contributed by atoms with Crippen LogP contribution in [0.15, 0.2) is 55.4 Å². The fourth-order valence-electron chi connectivity index (χ4n) is 2.32. The summed E-state index contributed by atoms with van der Waals surface area (Å²) in [6.07, 6.45) is 1.44. The highest BCUT2D eigenvalue weighted by molar-refractivity contribution is 9.11. The first-order valence-corrected chi connectivity index (χ1v) is 9.91. The molecule has 0 atom stereocenters. The highest BCUT2D eigenvalue weighted by Gasteiger charge is 2.34. The van der Waals surface area contributed by atoms with Crippen molar-refractivity contribution in [2.75, 3.05) is 4.90 Å². The van der Waals surface area contributed by atoms with Gasteiger partial charge in [-0.3, -0.25) is 19.8 Å². The second-order valence-corrected chi connectivity index (χ2v) is 8.28. The highest BCUT2D eigenvalue weighted by Crippen LogP contribution is 2.34. The Kier molecular flexibility index (Phi) is 5.61. The van der Waals surface area contributed by atoms with Crippen molar-refractivity contribution in [2.45, 2.75) is 0 Å². The number of halogens is 3. The maximum absolute atomic E-state index is 12.9. The van der Waals surface area contributed by atoms with Gasteiger partial charge in [0.2, 0.25) is 0 Å². The van der Waals surface area contributed by atoms with Gasteiger partial charge in [-0.1, -0.05) is 15.9 Å². The number of carbonyl (C=O) groups excluding carboxylic acids is 2. The maximum atomic E-state index is 12.9. The van der Waals surface area contributed by atoms with E-state index < -0.39 is 11.8 Å². The zero-order chi connectivity index (χ0) is 19.0. The van der Waals surface area contributed by atoms with Gasteiger partial charge in [-0.25, -0.2) is 0 Å². The number of anilines is 1. The molecule has 26 heavy (non-hydrogen) atoms. The normalized spacial score (nSPS) is 16.2. The third-order valence-electron chi connectivity index (χ3n) is 3.54. The van der Waals surface area contributed by atoms with Crippen LogP contribution >= 0.6 is 60.0 Å². The Hall–Kier alpha value is -1.55. The van der Waals surface area contributed by atoms with Crippen LogP contribution in [0.3, 0.4) is 0 Å². The number of rotatable bonds is 2. The zero-order valence-corrected chi connectivity index (χ0v) is 18.4. The van der Waals surface area contributed by atoms with Gasteiger partial charge in [0.25, 0.3) is 11.8 Å². The average Bonchev–Trinajstić information content (AvgIpc) is 2.58. The number of hydrogen-bond donors (Lipinski definition) is 2. The molecule has 1 heterocycles. The number of benzene rings is 2. The van der Waals surface area contributed by atoms with E-state index in [1.807, 2.05) is 0 Å². The number of phenols is 1. The van der Waals surface area contributed by atoms with Crippen LogP contribution < -0.4 is 10.2 Å². The third-order valence-corrected chi connectivity index (χ3v) is 5.56. The van der Waals surface area contributed by atoms with Crippen LogP contribution in [0.1, 0.15) is 5.56 Å². The van der Waals surface area contributed by atoms with E-state index in [0.717, 1.165) is 4.47 Å². The number of phenolic OH excluding ortho intramolecular Hbond substituents is 1. The van der Waals surface area contributed by atoms with Gasteiger partial charge < -0.3 is 5.11 Å². The molecule has 1 fully saturated rings. The molecule has 0 bridgehead atoms. The van der Waals surface area contributed by atoms with E-state index in [2.05, 4.69) is 53.1 Å². The number of aromatic hydroxyl groups is 1. The van der Waals surface area contributed by atoms with Crippen LogP contribution in [0.2, 0.25) is 0 Å². The van der Waals surface area contributed by atoms with E-state index in [-0.39, 0.29) is 16.4 Å². The van der Waals surface area contributed by atoms with E-state index in [0.29, 0.717) is 20.2 Å². The molecule has 2 amide bonds. The summed E-state index contributed by atoms with van der Waals surface area (Å²) in [5, 5.41) is 12.3. The summed E-state index contributed by atoms with van der Waals surface area (Å²) in [6, 6.07) is 10.2. The lowest BCUT2D eigenvalue weighted by Gasteiger charge is -2.29. The second kappa shape index (κ2) is 7.59. The van der Waals surface area contributed by atoms with Crippen LogP contribution in [0.5, 0.6) is 5.75 Å². The molecule has 2 N–H and O–H groups in total. The summed E-state index contributed by atoms with van der Waals surface area (Å²) in [6.45, 7) is 0. The number of hydrogen-bond acceptors (Lipinski definition) is 4. The maximum Gasteiger partial charge on any atom is 0.270 e. The van der Waals surface area contributed by atoms with Gasteiger partial charge in [0, 0.05) is 4.47 Å². The summed E-state index contributed by atoms with van der Waals surface area (Å²) in [5.74, 6) is -1.07. The van der Waals surface area contributed by atoms with Gasteiger partial charge in [0.15, 0.2) is 5.11 Å². The average molecular weight is 561 g/mol. The van der Waals surface area contributed by atoms with Crippen LogP contribution in [-0.4, -0.2) is 22.0 Å². The molecule has 3 rings (SSSR count). The Morgan fingerprint density at radius 2 is 1.62 bits per heavy atom. The number of nitrogens with zero attached hydrogens (tertiary/aromatic N) is 1. The molecule has 2 aromatic rings. The lowest BCUT2D eigenvalue weighted by molar-refractivity contribution is -0.122. The number of nitrogens with one attached hydrogen (secondary N) is 1. The van der Waals surface area contributed by atoms with Crippen LogP contribution in [0.25, 0.3) is 6.08 Å². The molecule has 0 saturated carbocycles. The molecule has 0 spiro atoms. The lowest BCUT2D eigenvalue weighted by Crippen LogP contribution is -2.54. The molecule has 2 aromatic carbocycles. The number of thiocarbonyl (C=S) groups is 1. The van der Waals surface area contributed by atoms with Gasteiger partial charge in [-0.05, 0) is 92.1 Å². The monoisotopic (exact) mass is 558 g/mol. The largest absolute Gasteiger partial charge is 0.506 e. The molecule has 5 nitrogen and oxygen atoms in total. The predicted octanol–water partition coefficient (Wildman–Crippen LogP) is 4.51. The molecule has 132 valence electrons. The summed E-state index contributed by atoms with van der Waals surface area (Å²) < 4.78 is 1.72. The van der Waals surface area contributed by atoms with E-state index >= 15 is 0 Å². The van der Waals surface area contributed by atoms with Crippen molar-refractivity contribution in [1.82, 2.24) is 5.32 Å².